The standard InChI is InChI=1S/C12H16N2O3.ClH/c1-17-9-2-3-11(15)10(8-9)12(16)14-6-4-13-5-7-14;/h2-3,8,13,15H,4-7H2,1H3;1H. The number of nitrogens with zero attached hydrogens (tertiary/aromatic N) is 1. The lowest BCUT2D eigenvalue weighted by atomic mass is 10.1. The minimum Gasteiger partial charge on any atom is -0.507 e. The summed E-state index contributed by atoms with van der Waals surface area (Å²) in [6.45, 7) is 2.90. The summed E-state index contributed by atoms with van der Waals surface area (Å²) in [5.74, 6) is 0.415. The molecule has 1 heterocycles. The number of rotatable bonds is 2. The molecular formula is C12H17ClN2O3. The molecule has 6 heteroatoms. The molecule has 1 aromatic rings. The number of benzene rings is 1. The van der Waals surface area contributed by atoms with Crippen molar-refractivity contribution in [3.8, 4) is 11.5 Å². The highest BCUT2D eigenvalue weighted by Gasteiger charge is 2.21. The zero-order chi connectivity index (χ0) is 12.3. The van der Waals surface area contributed by atoms with Crippen LogP contribution in [0.1, 0.15) is 10.4 Å². The smallest absolute Gasteiger partial charge is 0.257 e. The van der Waals surface area contributed by atoms with Crippen molar-refractivity contribution in [1.29, 1.82) is 0 Å². The monoisotopic (exact) mass is 272 g/mol. The lowest BCUT2D eigenvalue weighted by molar-refractivity contribution is 0.0732. The number of ether oxygens (including phenoxy) is 1. The highest BCUT2D eigenvalue weighted by atomic mass is 35.5. The summed E-state index contributed by atoms with van der Waals surface area (Å²) in [5.41, 5.74) is 0.297. The van der Waals surface area contributed by atoms with Crippen LogP contribution in [-0.2, 0) is 0 Å². The molecule has 0 bridgehead atoms. The first-order valence-electron chi connectivity index (χ1n) is 5.59. The molecule has 0 atom stereocenters. The summed E-state index contributed by atoms with van der Waals surface area (Å²) in [4.78, 5) is 13.9. The maximum atomic E-state index is 12.2. The van der Waals surface area contributed by atoms with Gasteiger partial charge in [-0.25, -0.2) is 0 Å². The largest absolute Gasteiger partial charge is 0.507 e. The highest BCUT2D eigenvalue weighted by Crippen LogP contribution is 2.24. The van der Waals surface area contributed by atoms with Gasteiger partial charge in [0.2, 0.25) is 0 Å². The van der Waals surface area contributed by atoms with Crippen LogP contribution in [0.3, 0.4) is 0 Å². The lowest BCUT2D eigenvalue weighted by Crippen LogP contribution is -2.46. The number of hydrogen-bond acceptors (Lipinski definition) is 4. The first-order chi connectivity index (χ1) is 8.22. The van der Waals surface area contributed by atoms with Gasteiger partial charge in [0, 0.05) is 26.2 Å². The van der Waals surface area contributed by atoms with Crippen LogP contribution < -0.4 is 10.1 Å². The average molecular weight is 273 g/mol. The van der Waals surface area contributed by atoms with E-state index in [-0.39, 0.29) is 24.1 Å². The summed E-state index contributed by atoms with van der Waals surface area (Å²) in [5, 5.41) is 12.9. The Kier molecular flexibility index (Phi) is 5.25. The maximum Gasteiger partial charge on any atom is 0.257 e. The van der Waals surface area contributed by atoms with E-state index in [1.807, 2.05) is 0 Å². The van der Waals surface area contributed by atoms with Crippen LogP contribution >= 0.6 is 12.4 Å². The summed E-state index contributed by atoms with van der Waals surface area (Å²) in [7, 11) is 1.53. The normalized spacial score (nSPS) is 14.8. The second kappa shape index (κ2) is 6.47. The van der Waals surface area contributed by atoms with Crippen molar-refractivity contribution in [2.45, 2.75) is 0 Å². The van der Waals surface area contributed by atoms with Crippen LogP contribution in [0.4, 0.5) is 0 Å². The van der Waals surface area contributed by atoms with Gasteiger partial charge >= 0.3 is 0 Å². The zero-order valence-electron chi connectivity index (χ0n) is 10.2. The number of halogens is 1. The van der Waals surface area contributed by atoms with E-state index in [1.54, 1.807) is 17.0 Å². The minimum absolute atomic E-state index is 0. The number of carbonyl (C=O) groups excluding carboxylic acids is 1. The number of hydrogen-bond donors (Lipinski definition) is 2. The van der Waals surface area contributed by atoms with E-state index in [9.17, 15) is 9.90 Å². The SMILES string of the molecule is COc1ccc(O)c(C(=O)N2CCNCC2)c1.Cl. The van der Waals surface area contributed by atoms with Crippen molar-refractivity contribution in [3.63, 3.8) is 0 Å². The second-order valence-electron chi connectivity index (χ2n) is 3.93. The van der Waals surface area contributed by atoms with Gasteiger partial charge < -0.3 is 20.1 Å². The first kappa shape index (κ1) is 14.6. The first-order valence-corrected chi connectivity index (χ1v) is 5.59. The van der Waals surface area contributed by atoms with Crippen LogP contribution in [0.15, 0.2) is 18.2 Å². The highest BCUT2D eigenvalue weighted by molar-refractivity contribution is 5.97. The second-order valence-corrected chi connectivity index (χ2v) is 3.93. The molecule has 5 nitrogen and oxygen atoms in total. The van der Waals surface area contributed by atoms with E-state index in [4.69, 9.17) is 4.74 Å². The van der Waals surface area contributed by atoms with Gasteiger partial charge in [0.05, 0.1) is 12.7 Å². The molecule has 0 aliphatic carbocycles. The van der Waals surface area contributed by atoms with Gasteiger partial charge in [-0.3, -0.25) is 4.79 Å². The van der Waals surface area contributed by atoms with Crippen molar-refractivity contribution in [1.82, 2.24) is 10.2 Å². The number of carbonyl (C=O) groups is 1. The van der Waals surface area contributed by atoms with Crippen molar-refractivity contribution in [2.24, 2.45) is 0 Å². The Morgan fingerprint density at radius 1 is 1.39 bits per heavy atom. The number of amides is 1. The van der Waals surface area contributed by atoms with Gasteiger partial charge in [-0.2, -0.15) is 0 Å². The maximum absolute atomic E-state index is 12.2. The molecule has 0 saturated carbocycles. The Labute approximate surface area is 112 Å². The Morgan fingerprint density at radius 3 is 2.67 bits per heavy atom. The van der Waals surface area contributed by atoms with Crippen LogP contribution in [0.5, 0.6) is 11.5 Å². The van der Waals surface area contributed by atoms with Crippen LogP contribution in [0.25, 0.3) is 0 Å². The molecule has 0 aromatic heterocycles. The number of piperazine rings is 1. The van der Waals surface area contributed by atoms with E-state index in [0.29, 0.717) is 24.4 Å². The molecule has 100 valence electrons. The van der Waals surface area contributed by atoms with E-state index in [0.717, 1.165) is 13.1 Å². The molecular weight excluding hydrogens is 256 g/mol. The molecule has 0 radical (unpaired) electrons. The van der Waals surface area contributed by atoms with E-state index in [1.165, 1.54) is 13.2 Å². The van der Waals surface area contributed by atoms with E-state index < -0.39 is 0 Å². The van der Waals surface area contributed by atoms with Gasteiger partial charge in [-0.05, 0) is 18.2 Å². The predicted molar refractivity (Wildman–Crippen MR) is 70.7 cm³/mol. The molecule has 1 amide bonds. The van der Waals surface area contributed by atoms with Crippen LogP contribution in [-0.4, -0.2) is 49.2 Å². The fourth-order valence-corrected chi connectivity index (χ4v) is 1.85. The van der Waals surface area contributed by atoms with Crippen molar-refractivity contribution < 1.29 is 14.6 Å². The summed E-state index contributed by atoms with van der Waals surface area (Å²) >= 11 is 0. The Morgan fingerprint density at radius 2 is 2.06 bits per heavy atom. The van der Waals surface area contributed by atoms with Gasteiger partial charge in [0.25, 0.3) is 5.91 Å². The predicted octanol–water partition coefficient (Wildman–Crippen LogP) is 0.868. The topological polar surface area (TPSA) is 61.8 Å². The molecule has 2 N–H and O–H groups in total. The van der Waals surface area contributed by atoms with Crippen LogP contribution in [0.2, 0.25) is 0 Å². The van der Waals surface area contributed by atoms with Gasteiger partial charge in [-0.15, -0.1) is 12.4 Å². The van der Waals surface area contributed by atoms with Crippen LogP contribution in [0, 0.1) is 0 Å². The fraction of sp³-hybridized carbons (Fsp3) is 0.417. The van der Waals surface area contributed by atoms with E-state index in [2.05, 4.69) is 5.32 Å². The van der Waals surface area contributed by atoms with Crippen molar-refractivity contribution in [3.05, 3.63) is 23.8 Å². The number of phenolic OH excluding ortho intramolecular Hbond substituents is 1. The molecule has 1 fully saturated rings. The average Bonchev–Trinajstić information content (AvgIpc) is 2.39. The van der Waals surface area contributed by atoms with E-state index >= 15 is 0 Å². The molecule has 1 saturated heterocycles. The quantitative estimate of drug-likeness (QED) is 0.839. The molecule has 0 unspecified atom stereocenters. The number of nitrogens with one attached hydrogen (secondary N) is 1. The Balaban J connectivity index is 0.00000162. The zero-order valence-corrected chi connectivity index (χ0v) is 11.0. The van der Waals surface area contributed by atoms with Crippen molar-refractivity contribution >= 4 is 18.3 Å². The summed E-state index contributed by atoms with van der Waals surface area (Å²) < 4.78 is 5.05. The molecule has 1 aliphatic heterocycles. The Hall–Kier alpha value is -1.46. The third-order valence-electron chi connectivity index (χ3n) is 2.84. The van der Waals surface area contributed by atoms with Gasteiger partial charge in [0.15, 0.2) is 0 Å². The third-order valence-corrected chi connectivity index (χ3v) is 2.84. The van der Waals surface area contributed by atoms with Gasteiger partial charge in [0.1, 0.15) is 11.5 Å². The number of phenols is 1. The third kappa shape index (κ3) is 3.05. The van der Waals surface area contributed by atoms with Crippen molar-refractivity contribution in [2.75, 3.05) is 33.3 Å². The summed E-state index contributed by atoms with van der Waals surface area (Å²) in [6.07, 6.45) is 0. The lowest BCUT2D eigenvalue weighted by Gasteiger charge is -2.27. The number of aromatic hydroxyl groups is 1. The molecule has 2 rings (SSSR count). The summed E-state index contributed by atoms with van der Waals surface area (Å²) in [6, 6.07) is 4.68. The van der Waals surface area contributed by atoms with Gasteiger partial charge in [-0.1, -0.05) is 0 Å². The molecule has 0 spiro atoms. The Bertz CT molecular complexity index is 420. The molecule has 1 aromatic carbocycles. The number of methoxy groups -OCH3 is 1. The minimum atomic E-state index is -0.150. The molecule has 1 aliphatic rings. The molecule has 18 heavy (non-hydrogen) atoms. The fourth-order valence-electron chi connectivity index (χ4n) is 1.85.